The summed E-state index contributed by atoms with van der Waals surface area (Å²) in [6, 6.07) is 0. The predicted molar refractivity (Wildman–Crippen MR) is 52.3 cm³/mol. The van der Waals surface area contributed by atoms with Gasteiger partial charge in [0.15, 0.2) is 5.75 Å². The Bertz CT molecular complexity index is 430. The molecule has 0 saturated heterocycles. The number of aliphatic hydroxyl groups excluding tert-OH is 1. The number of aliphatic hydroxyl groups is 1. The summed E-state index contributed by atoms with van der Waals surface area (Å²) in [5, 5.41) is 8.86. The quantitative estimate of drug-likeness (QED) is 0.835. The first-order valence-corrected chi connectivity index (χ1v) is 5.17. The number of alkyl halides is 4. The molecule has 16 heavy (non-hydrogen) atoms. The van der Waals surface area contributed by atoms with Crippen LogP contribution in [0.25, 0.3) is 0 Å². The maximum absolute atomic E-state index is 11.9. The molecule has 0 bridgehead atoms. The number of hydrogen-bond acceptors (Lipinski definition) is 3. The van der Waals surface area contributed by atoms with E-state index in [-0.39, 0.29) is 16.6 Å². The summed E-state index contributed by atoms with van der Waals surface area (Å²) in [6.45, 7) is -0.470. The van der Waals surface area contributed by atoms with Crippen LogP contribution in [-0.2, 0) is 11.9 Å². The number of aromatic nitrogens is 1. The molecule has 90 valence electrons. The predicted octanol–water partition coefficient (Wildman–Crippen LogP) is 1.66. The first-order valence-electron chi connectivity index (χ1n) is 4.05. The molecule has 1 rings (SSSR count). The normalized spacial score (nSPS) is 11.6. The van der Waals surface area contributed by atoms with Crippen molar-refractivity contribution in [3.05, 3.63) is 27.7 Å². The minimum absolute atomic E-state index is 0.00394. The fourth-order valence-electron chi connectivity index (χ4n) is 1.07. The molecule has 1 aromatic heterocycles. The second kappa shape index (κ2) is 4.88. The minimum Gasteiger partial charge on any atom is -0.400 e. The maximum atomic E-state index is 11.9. The number of ether oxygens (including phenoxy) is 1. The Kier molecular flexibility index (Phi) is 3.98. The van der Waals surface area contributed by atoms with Gasteiger partial charge in [-0.3, -0.25) is 4.79 Å². The molecule has 1 aromatic rings. The van der Waals surface area contributed by atoms with Gasteiger partial charge >= 0.3 is 6.36 Å². The molecule has 0 spiro atoms. The second-order valence-corrected chi connectivity index (χ2v) is 3.34. The molecule has 1 heterocycles. The molecule has 0 fully saturated rings. The molecule has 8 heteroatoms. The summed E-state index contributed by atoms with van der Waals surface area (Å²) < 4.78 is 39.2. The van der Waals surface area contributed by atoms with Crippen molar-refractivity contribution in [2.24, 2.45) is 0 Å². The van der Waals surface area contributed by atoms with E-state index in [9.17, 15) is 18.0 Å². The maximum Gasteiger partial charge on any atom is 0.573 e. The number of halogens is 4. The SMILES string of the molecule is O=c1c(OC(F)(F)F)c[nH]c(CO)c1CBr. The lowest BCUT2D eigenvalue weighted by molar-refractivity contribution is -0.275. The van der Waals surface area contributed by atoms with Crippen LogP contribution in [0, 0.1) is 0 Å². The highest BCUT2D eigenvalue weighted by Gasteiger charge is 2.32. The van der Waals surface area contributed by atoms with Gasteiger partial charge in [-0.05, 0) is 0 Å². The van der Waals surface area contributed by atoms with E-state index in [1.165, 1.54) is 0 Å². The fraction of sp³-hybridized carbons (Fsp3) is 0.375. The van der Waals surface area contributed by atoms with E-state index in [1.807, 2.05) is 0 Å². The molecular weight excluding hydrogens is 295 g/mol. The van der Waals surface area contributed by atoms with Crippen molar-refractivity contribution in [3.8, 4) is 5.75 Å². The van der Waals surface area contributed by atoms with E-state index in [4.69, 9.17) is 5.11 Å². The number of aromatic amines is 1. The molecule has 0 unspecified atom stereocenters. The van der Waals surface area contributed by atoms with Gasteiger partial charge in [-0.15, -0.1) is 13.2 Å². The van der Waals surface area contributed by atoms with Crippen molar-refractivity contribution in [3.63, 3.8) is 0 Å². The van der Waals surface area contributed by atoms with Crippen LogP contribution in [0.2, 0.25) is 0 Å². The summed E-state index contributed by atoms with van der Waals surface area (Å²) >= 11 is 2.95. The standard InChI is InChI=1S/C8H7BrF3NO3/c9-1-4-5(3-14)13-2-6(7(4)15)16-8(10,11)12/h2,14H,1,3H2,(H,13,15). The molecule has 0 aliphatic heterocycles. The van der Waals surface area contributed by atoms with Crippen molar-refractivity contribution in [2.75, 3.05) is 0 Å². The number of hydrogen-bond donors (Lipinski definition) is 2. The Morgan fingerprint density at radius 3 is 2.56 bits per heavy atom. The Morgan fingerprint density at radius 1 is 1.50 bits per heavy atom. The summed E-state index contributed by atoms with van der Waals surface area (Å²) in [7, 11) is 0. The van der Waals surface area contributed by atoms with Gasteiger partial charge in [-0.2, -0.15) is 0 Å². The zero-order chi connectivity index (χ0) is 12.3. The van der Waals surface area contributed by atoms with Crippen LogP contribution in [0.15, 0.2) is 11.0 Å². The minimum atomic E-state index is -4.92. The Hall–Kier alpha value is -1.02. The summed E-state index contributed by atoms with van der Waals surface area (Å²) in [5.41, 5.74) is -0.752. The van der Waals surface area contributed by atoms with E-state index >= 15 is 0 Å². The lowest BCUT2D eigenvalue weighted by atomic mass is 10.2. The van der Waals surface area contributed by atoms with E-state index in [2.05, 4.69) is 25.7 Å². The number of nitrogens with one attached hydrogen (secondary N) is 1. The average Bonchev–Trinajstić information content (AvgIpc) is 2.19. The smallest absolute Gasteiger partial charge is 0.400 e. The molecule has 0 saturated carbocycles. The monoisotopic (exact) mass is 301 g/mol. The molecular formula is C8H7BrF3NO3. The molecule has 2 N–H and O–H groups in total. The van der Waals surface area contributed by atoms with Crippen LogP contribution in [0.1, 0.15) is 11.3 Å². The largest absolute Gasteiger partial charge is 0.573 e. The fourth-order valence-corrected chi connectivity index (χ4v) is 1.67. The average molecular weight is 302 g/mol. The highest BCUT2D eigenvalue weighted by Crippen LogP contribution is 2.20. The van der Waals surface area contributed by atoms with Crippen molar-refractivity contribution in [1.82, 2.24) is 4.98 Å². The molecule has 0 radical (unpaired) electrons. The molecule has 0 aromatic carbocycles. The van der Waals surface area contributed by atoms with Crippen LogP contribution in [-0.4, -0.2) is 16.5 Å². The number of H-pyrrole nitrogens is 1. The molecule has 0 aliphatic rings. The van der Waals surface area contributed by atoms with Gasteiger partial charge < -0.3 is 14.8 Å². The van der Waals surface area contributed by atoms with Gasteiger partial charge in [0, 0.05) is 22.8 Å². The van der Waals surface area contributed by atoms with Crippen LogP contribution in [0.3, 0.4) is 0 Å². The molecule has 4 nitrogen and oxygen atoms in total. The first-order chi connectivity index (χ1) is 7.39. The van der Waals surface area contributed by atoms with Crippen molar-refractivity contribution >= 4 is 15.9 Å². The topological polar surface area (TPSA) is 62.3 Å². The molecule has 0 atom stereocenters. The summed E-state index contributed by atoms with van der Waals surface area (Å²) in [4.78, 5) is 13.8. The molecule has 0 aliphatic carbocycles. The van der Waals surface area contributed by atoms with Gasteiger partial charge in [-0.25, -0.2) is 0 Å². The van der Waals surface area contributed by atoms with Crippen molar-refractivity contribution in [1.29, 1.82) is 0 Å². The van der Waals surface area contributed by atoms with Crippen LogP contribution in [0.4, 0.5) is 13.2 Å². The van der Waals surface area contributed by atoms with Crippen molar-refractivity contribution < 1.29 is 23.0 Å². The second-order valence-electron chi connectivity index (χ2n) is 2.78. The third-order valence-corrected chi connectivity index (χ3v) is 2.32. The first kappa shape index (κ1) is 13.0. The number of rotatable bonds is 3. The van der Waals surface area contributed by atoms with E-state index < -0.39 is 24.1 Å². The third-order valence-electron chi connectivity index (χ3n) is 1.76. The van der Waals surface area contributed by atoms with Crippen LogP contribution < -0.4 is 10.2 Å². The highest BCUT2D eigenvalue weighted by molar-refractivity contribution is 9.08. The van der Waals surface area contributed by atoms with Gasteiger partial charge in [0.2, 0.25) is 5.43 Å². The van der Waals surface area contributed by atoms with Crippen LogP contribution >= 0.6 is 15.9 Å². The number of pyridine rings is 1. The Labute approximate surface area is 96.2 Å². The Balaban J connectivity index is 3.20. The lowest BCUT2D eigenvalue weighted by Crippen LogP contribution is -2.24. The summed E-state index contributed by atoms with van der Waals surface area (Å²) in [6.07, 6.45) is -4.15. The zero-order valence-electron chi connectivity index (χ0n) is 7.77. The van der Waals surface area contributed by atoms with E-state index in [0.717, 1.165) is 6.20 Å². The van der Waals surface area contributed by atoms with Gasteiger partial charge in [0.1, 0.15) is 0 Å². The zero-order valence-corrected chi connectivity index (χ0v) is 9.35. The third kappa shape index (κ3) is 2.99. The van der Waals surface area contributed by atoms with Gasteiger partial charge in [-0.1, -0.05) is 15.9 Å². The van der Waals surface area contributed by atoms with Crippen LogP contribution in [0.5, 0.6) is 5.75 Å². The van der Waals surface area contributed by atoms with Gasteiger partial charge in [0.25, 0.3) is 0 Å². The van der Waals surface area contributed by atoms with E-state index in [1.54, 1.807) is 0 Å². The lowest BCUT2D eigenvalue weighted by Gasteiger charge is -2.10. The molecule has 0 amide bonds. The highest BCUT2D eigenvalue weighted by atomic mass is 79.9. The van der Waals surface area contributed by atoms with Crippen molar-refractivity contribution in [2.45, 2.75) is 18.3 Å². The van der Waals surface area contributed by atoms with E-state index in [0.29, 0.717) is 0 Å². The Morgan fingerprint density at radius 2 is 2.12 bits per heavy atom. The summed E-state index contributed by atoms with van der Waals surface area (Å²) in [5.74, 6) is -0.848. The van der Waals surface area contributed by atoms with Gasteiger partial charge in [0.05, 0.1) is 6.61 Å².